The molecule has 0 aliphatic rings. The Balaban J connectivity index is 4.42. The molecule has 0 aromatic heterocycles. The molecule has 1 unspecified atom stereocenters. The maximum absolute atomic E-state index is 12.9. The Morgan fingerprint density at radius 2 is 0.542 bits per heavy atom. The standard InChI is InChI=1S/C66H114O6/c1-4-7-10-13-16-19-22-25-28-31-32-33-34-36-38-41-44-47-50-53-56-59-65(68)71-62-63(61-70-64(67)58-55-52-49-46-43-40-37-30-27-24-21-18-15-12-9-6-3)72-66(69)60-57-54-51-48-45-42-39-35-29-26-23-20-17-14-11-8-5-2/h8,11,17,20-21,24,26,29-32,37,39,42,63H,4-7,9-10,12-16,18-19,22-23,25,27-28,33-36,38,40-41,43-62H2,1-3H3/b11-8-,20-17-,24-21-,29-26-,32-31-,37-30-,42-39-. The van der Waals surface area contributed by atoms with E-state index in [0.29, 0.717) is 19.3 Å². The lowest BCUT2D eigenvalue weighted by Gasteiger charge is -2.18. The van der Waals surface area contributed by atoms with Crippen LogP contribution in [0.1, 0.15) is 297 Å². The van der Waals surface area contributed by atoms with E-state index in [1.54, 1.807) is 0 Å². The Morgan fingerprint density at radius 1 is 0.292 bits per heavy atom. The maximum Gasteiger partial charge on any atom is 0.306 e. The average Bonchev–Trinajstić information content (AvgIpc) is 3.38. The van der Waals surface area contributed by atoms with Crippen LogP contribution in [-0.4, -0.2) is 37.2 Å². The number of carbonyl (C=O) groups is 3. The van der Waals surface area contributed by atoms with Crippen LogP contribution in [0.4, 0.5) is 0 Å². The van der Waals surface area contributed by atoms with Gasteiger partial charge in [-0.05, 0) is 116 Å². The van der Waals surface area contributed by atoms with E-state index in [2.05, 4.69) is 106 Å². The van der Waals surface area contributed by atoms with Gasteiger partial charge in [-0.3, -0.25) is 14.4 Å². The van der Waals surface area contributed by atoms with E-state index in [-0.39, 0.29) is 31.1 Å². The number of carbonyl (C=O) groups excluding carboxylic acids is 3. The molecule has 0 aromatic rings. The summed E-state index contributed by atoms with van der Waals surface area (Å²) in [5.41, 5.74) is 0. The van der Waals surface area contributed by atoms with Gasteiger partial charge in [-0.1, -0.05) is 247 Å². The summed E-state index contributed by atoms with van der Waals surface area (Å²) < 4.78 is 16.9. The number of allylic oxidation sites excluding steroid dienone is 14. The first kappa shape index (κ1) is 68.6. The van der Waals surface area contributed by atoms with E-state index in [4.69, 9.17) is 14.2 Å². The fourth-order valence-electron chi connectivity index (χ4n) is 8.52. The maximum atomic E-state index is 12.9. The molecule has 0 aliphatic heterocycles. The van der Waals surface area contributed by atoms with Gasteiger partial charge in [0.1, 0.15) is 13.2 Å². The largest absolute Gasteiger partial charge is 0.462 e. The normalized spacial score (nSPS) is 12.7. The molecular weight excluding hydrogens is 889 g/mol. The van der Waals surface area contributed by atoms with Crippen LogP contribution >= 0.6 is 0 Å². The summed E-state index contributed by atoms with van der Waals surface area (Å²) in [5.74, 6) is -0.923. The Kier molecular flexibility index (Phi) is 57.3. The van der Waals surface area contributed by atoms with Crippen molar-refractivity contribution in [2.24, 2.45) is 0 Å². The smallest absolute Gasteiger partial charge is 0.306 e. The third kappa shape index (κ3) is 57.5. The lowest BCUT2D eigenvalue weighted by molar-refractivity contribution is -0.167. The second-order valence-corrected chi connectivity index (χ2v) is 20.2. The minimum absolute atomic E-state index is 0.0917. The van der Waals surface area contributed by atoms with Crippen molar-refractivity contribution in [1.29, 1.82) is 0 Å². The lowest BCUT2D eigenvalue weighted by Crippen LogP contribution is -2.30. The van der Waals surface area contributed by atoms with Gasteiger partial charge < -0.3 is 14.2 Å². The summed E-state index contributed by atoms with van der Waals surface area (Å²) in [6, 6.07) is 0. The van der Waals surface area contributed by atoms with Gasteiger partial charge in [0.25, 0.3) is 0 Å². The minimum atomic E-state index is -0.798. The summed E-state index contributed by atoms with van der Waals surface area (Å²) >= 11 is 0. The monoisotopic (exact) mass is 1000 g/mol. The molecule has 1 atom stereocenters. The van der Waals surface area contributed by atoms with Crippen LogP contribution in [0, 0.1) is 0 Å². The van der Waals surface area contributed by atoms with E-state index in [0.717, 1.165) is 122 Å². The summed E-state index contributed by atoms with van der Waals surface area (Å²) in [5, 5.41) is 0. The van der Waals surface area contributed by atoms with E-state index >= 15 is 0 Å². The highest BCUT2D eigenvalue weighted by atomic mass is 16.6. The van der Waals surface area contributed by atoms with Crippen molar-refractivity contribution in [2.75, 3.05) is 13.2 Å². The number of esters is 3. The van der Waals surface area contributed by atoms with E-state index in [9.17, 15) is 14.4 Å². The molecule has 0 aliphatic carbocycles. The quantitative estimate of drug-likeness (QED) is 0.0261. The first-order valence-corrected chi connectivity index (χ1v) is 30.6. The van der Waals surface area contributed by atoms with Gasteiger partial charge >= 0.3 is 17.9 Å². The Bertz CT molecular complexity index is 1380. The van der Waals surface area contributed by atoms with Crippen LogP contribution in [0.2, 0.25) is 0 Å². The second kappa shape index (κ2) is 60.1. The third-order valence-corrected chi connectivity index (χ3v) is 13.1. The molecule has 0 saturated carbocycles. The van der Waals surface area contributed by atoms with Crippen LogP contribution in [0.3, 0.4) is 0 Å². The predicted molar refractivity (Wildman–Crippen MR) is 311 cm³/mol. The lowest BCUT2D eigenvalue weighted by atomic mass is 10.1. The highest BCUT2D eigenvalue weighted by Gasteiger charge is 2.19. The van der Waals surface area contributed by atoms with Gasteiger partial charge in [-0.25, -0.2) is 0 Å². The zero-order chi connectivity index (χ0) is 52.2. The van der Waals surface area contributed by atoms with Gasteiger partial charge in [0.2, 0.25) is 0 Å². The molecular formula is C66H114O6. The number of ether oxygens (including phenoxy) is 3. The number of hydrogen-bond donors (Lipinski definition) is 0. The zero-order valence-electron chi connectivity index (χ0n) is 47.4. The molecule has 6 heteroatoms. The molecule has 0 aromatic carbocycles. The van der Waals surface area contributed by atoms with Crippen molar-refractivity contribution in [2.45, 2.75) is 303 Å². The zero-order valence-corrected chi connectivity index (χ0v) is 47.4. The van der Waals surface area contributed by atoms with Gasteiger partial charge in [0, 0.05) is 19.3 Å². The fraction of sp³-hybridized carbons (Fsp3) is 0.742. The van der Waals surface area contributed by atoms with Crippen LogP contribution < -0.4 is 0 Å². The summed E-state index contributed by atoms with van der Waals surface area (Å²) in [7, 11) is 0. The molecule has 0 radical (unpaired) electrons. The Morgan fingerprint density at radius 3 is 0.875 bits per heavy atom. The van der Waals surface area contributed by atoms with Gasteiger partial charge in [-0.2, -0.15) is 0 Å². The topological polar surface area (TPSA) is 78.9 Å². The number of unbranched alkanes of at least 4 members (excludes halogenated alkanes) is 30. The molecule has 0 spiro atoms. The van der Waals surface area contributed by atoms with Gasteiger partial charge in [-0.15, -0.1) is 0 Å². The molecule has 72 heavy (non-hydrogen) atoms. The third-order valence-electron chi connectivity index (χ3n) is 13.1. The van der Waals surface area contributed by atoms with Crippen molar-refractivity contribution >= 4 is 17.9 Å². The molecule has 0 heterocycles. The van der Waals surface area contributed by atoms with E-state index in [1.807, 2.05) is 0 Å². The number of rotatable bonds is 55. The highest BCUT2D eigenvalue weighted by molar-refractivity contribution is 5.71. The molecule has 0 amide bonds. The first-order chi connectivity index (χ1) is 35.5. The molecule has 414 valence electrons. The van der Waals surface area contributed by atoms with Gasteiger partial charge in [0.15, 0.2) is 6.10 Å². The van der Waals surface area contributed by atoms with Crippen molar-refractivity contribution in [1.82, 2.24) is 0 Å². The van der Waals surface area contributed by atoms with Crippen LogP contribution in [-0.2, 0) is 28.6 Å². The predicted octanol–water partition coefficient (Wildman–Crippen LogP) is 20.7. The van der Waals surface area contributed by atoms with Crippen LogP contribution in [0.5, 0.6) is 0 Å². The molecule has 0 saturated heterocycles. The number of hydrogen-bond acceptors (Lipinski definition) is 6. The average molecular weight is 1000 g/mol. The first-order valence-electron chi connectivity index (χ1n) is 30.6. The Hall–Kier alpha value is -3.41. The van der Waals surface area contributed by atoms with Crippen molar-refractivity contribution < 1.29 is 28.6 Å². The van der Waals surface area contributed by atoms with E-state index in [1.165, 1.54) is 135 Å². The van der Waals surface area contributed by atoms with E-state index < -0.39 is 6.10 Å². The molecule has 0 N–H and O–H groups in total. The van der Waals surface area contributed by atoms with Crippen molar-refractivity contribution in [3.05, 3.63) is 85.1 Å². The SMILES string of the molecule is CC/C=C\C/C=C\C/C=C\C/C=C\CCCCCCC(=O)OC(COC(=O)CCCCCCC/C=C\C/C=C\CCCCCC)COC(=O)CCCCCCCCCCC/C=C\CCCCCCCCCC. The minimum Gasteiger partial charge on any atom is -0.462 e. The summed E-state index contributed by atoms with van der Waals surface area (Å²) in [6.45, 7) is 6.50. The van der Waals surface area contributed by atoms with Gasteiger partial charge in [0.05, 0.1) is 0 Å². The van der Waals surface area contributed by atoms with Crippen molar-refractivity contribution in [3.63, 3.8) is 0 Å². The molecule has 0 fully saturated rings. The summed E-state index contributed by atoms with van der Waals surface area (Å²) in [6.07, 6.45) is 78.6. The molecule has 0 bridgehead atoms. The molecule has 0 rings (SSSR count). The summed E-state index contributed by atoms with van der Waals surface area (Å²) in [4.78, 5) is 38.3. The Labute approximate surface area is 445 Å². The second-order valence-electron chi connectivity index (χ2n) is 20.2. The molecule has 6 nitrogen and oxygen atoms in total. The van der Waals surface area contributed by atoms with Crippen molar-refractivity contribution in [3.8, 4) is 0 Å². The highest BCUT2D eigenvalue weighted by Crippen LogP contribution is 2.15. The van der Waals surface area contributed by atoms with Crippen LogP contribution in [0.15, 0.2) is 85.1 Å². The van der Waals surface area contributed by atoms with Crippen LogP contribution in [0.25, 0.3) is 0 Å². The fourth-order valence-corrected chi connectivity index (χ4v) is 8.52.